The highest BCUT2D eigenvalue weighted by Gasteiger charge is 2.55. The fourth-order valence-electron chi connectivity index (χ4n) is 5.95. The van der Waals surface area contributed by atoms with Crippen molar-refractivity contribution >= 4 is 11.9 Å². The number of hydrogen-bond acceptors (Lipinski definition) is 3. The van der Waals surface area contributed by atoms with Gasteiger partial charge >= 0.3 is 6.03 Å². The Morgan fingerprint density at radius 1 is 1.08 bits per heavy atom. The van der Waals surface area contributed by atoms with Crippen LogP contribution in [0.5, 0.6) is 0 Å². The monoisotopic (exact) mass is 335 g/mol. The fraction of sp³-hybridized carbons (Fsp3) is 0.889. The van der Waals surface area contributed by atoms with Crippen LogP contribution in [-0.2, 0) is 4.79 Å². The minimum Gasteiger partial charge on any atom is -0.393 e. The molecular formula is C18H29N3O3. The van der Waals surface area contributed by atoms with E-state index < -0.39 is 0 Å². The van der Waals surface area contributed by atoms with Crippen molar-refractivity contribution in [3.8, 4) is 0 Å². The van der Waals surface area contributed by atoms with E-state index in [1.807, 2.05) is 4.90 Å². The Hall–Kier alpha value is -1.30. The molecule has 24 heavy (non-hydrogen) atoms. The van der Waals surface area contributed by atoms with Crippen molar-refractivity contribution in [2.24, 2.45) is 17.8 Å². The van der Waals surface area contributed by atoms with Crippen LogP contribution in [0.4, 0.5) is 4.79 Å². The van der Waals surface area contributed by atoms with Gasteiger partial charge in [-0.15, -0.1) is 0 Å². The van der Waals surface area contributed by atoms with Crippen LogP contribution in [0.3, 0.4) is 0 Å². The predicted molar refractivity (Wildman–Crippen MR) is 89.2 cm³/mol. The maximum atomic E-state index is 12.5. The van der Waals surface area contributed by atoms with Crippen LogP contribution in [0.15, 0.2) is 0 Å². The van der Waals surface area contributed by atoms with Gasteiger partial charge in [0.05, 0.1) is 6.10 Å². The molecule has 4 bridgehead atoms. The van der Waals surface area contributed by atoms with Gasteiger partial charge in [-0.1, -0.05) is 0 Å². The molecule has 0 radical (unpaired) electrons. The van der Waals surface area contributed by atoms with Crippen molar-refractivity contribution in [3.05, 3.63) is 0 Å². The van der Waals surface area contributed by atoms with E-state index in [1.165, 1.54) is 0 Å². The van der Waals surface area contributed by atoms with E-state index in [2.05, 4.69) is 10.6 Å². The molecule has 4 saturated carbocycles. The third-order valence-corrected chi connectivity index (χ3v) is 6.88. The normalized spacial score (nSPS) is 41.3. The molecule has 0 aromatic carbocycles. The molecule has 6 nitrogen and oxygen atoms in total. The van der Waals surface area contributed by atoms with Gasteiger partial charge in [-0.25, -0.2) is 4.79 Å². The summed E-state index contributed by atoms with van der Waals surface area (Å²) in [5.41, 5.74) is -0.0973. The van der Waals surface area contributed by atoms with E-state index in [4.69, 9.17) is 0 Å². The van der Waals surface area contributed by atoms with Gasteiger partial charge in [-0.05, 0) is 62.7 Å². The highest BCUT2D eigenvalue weighted by Crippen LogP contribution is 2.55. The van der Waals surface area contributed by atoms with Gasteiger partial charge in [0.2, 0.25) is 5.91 Å². The largest absolute Gasteiger partial charge is 0.393 e. The summed E-state index contributed by atoms with van der Waals surface area (Å²) in [6.07, 6.45) is 6.69. The molecule has 5 fully saturated rings. The van der Waals surface area contributed by atoms with Crippen LogP contribution < -0.4 is 10.6 Å². The molecule has 0 aromatic heterocycles. The fourth-order valence-corrected chi connectivity index (χ4v) is 5.95. The number of aliphatic hydroxyl groups is 1. The maximum absolute atomic E-state index is 12.5. The molecule has 3 N–H and O–H groups in total. The van der Waals surface area contributed by atoms with Gasteiger partial charge in [0.15, 0.2) is 0 Å². The van der Waals surface area contributed by atoms with Gasteiger partial charge in [-0.2, -0.15) is 0 Å². The van der Waals surface area contributed by atoms with Gasteiger partial charge in [-0.3, -0.25) is 4.79 Å². The van der Waals surface area contributed by atoms with Crippen LogP contribution >= 0.6 is 0 Å². The lowest BCUT2D eigenvalue weighted by Gasteiger charge is -2.58. The van der Waals surface area contributed by atoms with Crippen molar-refractivity contribution in [2.75, 3.05) is 13.1 Å². The van der Waals surface area contributed by atoms with Crippen molar-refractivity contribution < 1.29 is 14.7 Å². The molecular weight excluding hydrogens is 306 g/mol. The number of urea groups is 1. The summed E-state index contributed by atoms with van der Waals surface area (Å²) in [7, 11) is 0. The molecule has 1 heterocycles. The number of piperidine rings is 1. The third-order valence-electron chi connectivity index (χ3n) is 6.88. The second kappa shape index (κ2) is 5.90. The highest BCUT2D eigenvalue weighted by molar-refractivity contribution is 5.75. The number of carbonyl (C=O) groups is 2. The van der Waals surface area contributed by atoms with Crippen molar-refractivity contribution in [3.63, 3.8) is 0 Å². The average Bonchev–Trinajstić information content (AvgIpc) is 2.51. The Balaban J connectivity index is 1.32. The molecule has 1 aliphatic heterocycles. The summed E-state index contributed by atoms with van der Waals surface area (Å²) >= 11 is 0. The first kappa shape index (κ1) is 16.2. The molecule has 0 spiro atoms. The average molecular weight is 335 g/mol. The molecule has 5 atom stereocenters. The second-order valence-electron chi connectivity index (χ2n) is 8.62. The van der Waals surface area contributed by atoms with Crippen LogP contribution in [0.2, 0.25) is 0 Å². The summed E-state index contributed by atoms with van der Waals surface area (Å²) in [5.74, 6) is 1.53. The van der Waals surface area contributed by atoms with Gasteiger partial charge in [0.25, 0.3) is 0 Å². The zero-order valence-corrected chi connectivity index (χ0v) is 14.5. The number of nitrogens with zero attached hydrogens (tertiary/aromatic N) is 1. The summed E-state index contributed by atoms with van der Waals surface area (Å²) in [4.78, 5) is 25.7. The van der Waals surface area contributed by atoms with Gasteiger partial charge in [0, 0.05) is 31.6 Å². The van der Waals surface area contributed by atoms with Crippen LogP contribution in [0.1, 0.15) is 51.9 Å². The minimum absolute atomic E-state index is 0.0623. The molecule has 3 amide bonds. The quantitative estimate of drug-likeness (QED) is 0.710. The summed E-state index contributed by atoms with van der Waals surface area (Å²) in [5, 5.41) is 16.7. The minimum atomic E-state index is -0.157. The number of rotatable bonds is 2. The van der Waals surface area contributed by atoms with Crippen LogP contribution in [-0.4, -0.2) is 52.7 Å². The maximum Gasteiger partial charge on any atom is 0.315 e. The van der Waals surface area contributed by atoms with Gasteiger partial charge in [0.1, 0.15) is 0 Å². The summed E-state index contributed by atoms with van der Waals surface area (Å²) in [6, 6.07) is 0.0906. The zero-order chi connectivity index (χ0) is 16.9. The molecule has 0 aromatic rings. The third kappa shape index (κ3) is 2.89. The van der Waals surface area contributed by atoms with Crippen molar-refractivity contribution in [1.82, 2.24) is 15.5 Å². The molecule has 6 heteroatoms. The number of amides is 3. The van der Waals surface area contributed by atoms with E-state index >= 15 is 0 Å². The number of likely N-dealkylation sites (tertiary alicyclic amines) is 1. The Labute approximate surface area is 143 Å². The van der Waals surface area contributed by atoms with E-state index in [9.17, 15) is 14.7 Å². The smallest absolute Gasteiger partial charge is 0.315 e. The standard InChI is InChI=1S/C18H29N3O3/c1-11(22)21-4-2-15(3-5-21)19-17(24)20-18-8-12-6-13(9-18)16(23)14(7-12)10-18/h12-16,23H,2-10H2,1H3,(H2,19,20,24)/t12?,13-,14?,16?,18?/m1/s1. The highest BCUT2D eigenvalue weighted by atomic mass is 16.3. The Kier molecular flexibility index (Phi) is 3.98. The zero-order valence-electron chi connectivity index (χ0n) is 14.5. The van der Waals surface area contributed by atoms with E-state index in [0.717, 1.165) is 58.0 Å². The second-order valence-corrected chi connectivity index (χ2v) is 8.62. The molecule has 134 valence electrons. The molecule has 4 aliphatic carbocycles. The molecule has 5 rings (SSSR count). The Morgan fingerprint density at radius 2 is 1.71 bits per heavy atom. The first-order chi connectivity index (χ1) is 11.4. The first-order valence-electron chi connectivity index (χ1n) is 9.46. The summed E-state index contributed by atoms with van der Waals surface area (Å²) < 4.78 is 0. The van der Waals surface area contributed by atoms with E-state index in [-0.39, 0.29) is 29.6 Å². The lowest BCUT2D eigenvalue weighted by Crippen LogP contribution is -2.65. The SMILES string of the molecule is CC(=O)N1CCC(NC(=O)NC23CC4CC(C2)C(O)[C@H](C4)C3)CC1. The van der Waals surface area contributed by atoms with Crippen LogP contribution in [0, 0.1) is 17.8 Å². The molecule has 4 unspecified atom stereocenters. The number of nitrogens with one attached hydrogen (secondary N) is 2. The number of hydrogen-bond donors (Lipinski definition) is 3. The van der Waals surface area contributed by atoms with Gasteiger partial charge < -0.3 is 20.6 Å². The van der Waals surface area contributed by atoms with Crippen molar-refractivity contribution in [1.29, 1.82) is 0 Å². The topological polar surface area (TPSA) is 81.7 Å². The molecule has 5 aliphatic rings. The van der Waals surface area contributed by atoms with Crippen molar-refractivity contribution in [2.45, 2.75) is 69.6 Å². The first-order valence-corrected chi connectivity index (χ1v) is 9.46. The Bertz CT molecular complexity index is 514. The number of aliphatic hydroxyl groups excluding tert-OH is 1. The number of carbonyl (C=O) groups excluding carboxylic acids is 2. The predicted octanol–water partition coefficient (Wildman–Crippen LogP) is 1.24. The molecule has 1 saturated heterocycles. The Morgan fingerprint density at radius 3 is 2.29 bits per heavy atom. The van der Waals surface area contributed by atoms with Crippen LogP contribution in [0.25, 0.3) is 0 Å². The summed E-state index contributed by atoms with van der Waals surface area (Å²) in [6.45, 7) is 3.05. The van der Waals surface area contributed by atoms with E-state index in [0.29, 0.717) is 17.8 Å². The van der Waals surface area contributed by atoms with E-state index in [1.54, 1.807) is 6.92 Å². The lowest BCUT2D eigenvalue weighted by atomic mass is 9.52. The lowest BCUT2D eigenvalue weighted by molar-refractivity contribution is -0.129.